The van der Waals surface area contributed by atoms with Crippen LogP contribution in [0.4, 0.5) is 0 Å². The standard InChI is InChI=1S/C15H14ClN3O2/c1-21-13-5-3-9(16)7-10(13)14(17)8-2-4-11-12(6-8)19-15(20)18-11/h2-7,14H,17H2,1H3,(H2,18,19,20). The van der Waals surface area contributed by atoms with E-state index < -0.39 is 6.04 Å². The van der Waals surface area contributed by atoms with Crippen molar-refractivity contribution in [1.29, 1.82) is 0 Å². The van der Waals surface area contributed by atoms with Crippen molar-refractivity contribution >= 4 is 22.6 Å². The molecular formula is C15H14ClN3O2. The summed E-state index contributed by atoms with van der Waals surface area (Å²) in [5.74, 6) is 0.676. The van der Waals surface area contributed by atoms with Gasteiger partial charge in [-0.3, -0.25) is 0 Å². The second-order valence-corrected chi connectivity index (χ2v) is 5.18. The minimum absolute atomic E-state index is 0.240. The molecule has 108 valence electrons. The molecule has 0 saturated carbocycles. The number of ether oxygens (including phenoxy) is 1. The number of fused-ring (bicyclic) bond motifs is 1. The Hall–Kier alpha value is -2.24. The zero-order valence-electron chi connectivity index (χ0n) is 11.3. The van der Waals surface area contributed by atoms with E-state index in [4.69, 9.17) is 22.1 Å². The number of nitrogens with two attached hydrogens (primary N) is 1. The minimum Gasteiger partial charge on any atom is -0.496 e. The molecule has 0 bridgehead atoms. The number of halogens is 1. The number of aromatic amines is 2. The molecule has 1 aromatic heterocycles. The highest BCUT2D eigenvalue weighted by Crippen LogP contribution is 2.31. The molecule has 0 amide bonds. The summed E-state index contributed by atoms with van der Waals surface area (Å²) in [5.41, 5.74) is 9.19. The number of hydrogen-bond donors (Lipinski definition) is 3. The molecule has 4 N–H and O–H groups in total. The van der Waals surface area contributed by atoms with Crippen molar-refractivity contribution in [2.24, 2.45) is 5.73 Å². The zero-order valence-corrected chi connectivity index (χ0v) is 12.1. The van der Waals surface area contributed by atoms with Gasteiger partial charge >= 0.3 is 5.69 Å². The quantitative estimate of drug-likeness (QED) is 0.695. The Morgan fingerprint density at radius 1 is 1.14 bits per heavy atom. The van der Waals surface area contributed by atoms with E-state index in [1.807, 2.05) is 18.2 Å². The Labute approximate surface area is 125 Å². The van der Waals surface area contributed by atoms with E-state index in [-0.39, 0.29) is 5.69 Å². The van der Waals surface area contributed by atoms with Crippen LogP contribution in [0.25, 0.3) is 11.0 Å². The zero-order chi connectivity index (χ0) is 15.0. The highest BCUT2D eigenvalue weighted by atomic mass is 35.5. The lowest BCUT2D eigenvalue weighted by Gasteiger charge is -2.16. The molecule has 0 aliphatic heterocycles. The van der Waals surface area contributed by atoms with Crippen LogP contribution < -0.4 is 16.2 Å². The Morgan fingerprint density at radius 2 is 1.90 bits per heavy atom. The third kappa shape index (κ3) is 2.53. The first-order valence-electron chi connectivity index (χ1n) is 6.39. The number of nitrogens with one attached hydrogen (secondary N) is 2. The van der Waals surface area contributed by atoms with E-state index in [9.17, 15) is 4.79 Å². The van der Waals surface area contributed by atoms with Crippen LogP contribution >= 0.6 is 11.6 Å². The predicted molar refractivity (Wildman–Crippen MR) is 83.0 cm³/mol. The molecule has 0 spiro atoms. The van der Waals surface area contributed by atoms with E-state index in [2.05, 4.69) is 9.97 Å². The van der Waals surface area contributed by atoms with Gasteiger partial charge in [-0.1, -0.05) is 17.7 Å². The van der Waals surface area contributed by atoms with E-state index in [0.29, 0.717) is 16.3 Å². The van der Waals surface area contributed by atoms with E-state index in [1.165, 1.54) is 0 Å². The van der Waals surface area contributed by atoms with Crippen LogP contribution in [-0.4, -0.2) is 17.1 Å². The van der Waals surface area contributed by atoms with Gasteiger partial charge in [0.25, 0.3) is 0 Å². The van der Waals surface area contributed by atoms with Gasteiger partial charge in [-0.2, -0.15) is 0 Å². The van der Waals surface area contributed by atoms with Gasteiger partial charge in [-0.25, -0.2) is 4.79 Å². The third-order valence-electron chi connectivity index (χ3n) is 3.43. The van der Waals surface area contributed by atoms with E-state index in [1.54, 1.807) is 25.3 Å². The monoisotopic (exact) mass is 303 g/mol. The predicted octanol–water partition coefficient (Wildman–Crippen LogP) is 2.57. The maximum absolute atomic E-state index is 11.3. The Kier molecular flexibility index (Phi) is 3.45. The van der Waals surface area contributed by atoms with E-state index >= 15 is 0 Å². The van der Waals surface area contributed by atoms with Crippen LogP contribution in [0.15, 0.2) is 41.2 Å². The normalized spacial score (nSPS) is 12.5. The van der Waals surface area contributed by atoms with Gasteiger partial charge in [0.05, 0.1) is 24.2 Å². The first-order chi connectivity index (χ1) is 10.1. The van der Waals surface area contributed by atoms with Gasteiger partial charge in [0.15, 0.2) is 0 Å². The third-order valence-corrected chi connectivity index (χ3v) is 3.66. The summed E-state index contributed by atoms with van der Waals surface area (Å²) in [6.45, 7) is 0. The molecule has 1 unspecified atom stereocenters. The molecule has 0 aliphatic carbocycles. The molecular weight excluding hydrogens is 290 g/mol. The lowest BCUT2D eigenvalue weighted by atomic mass is 9.98. The summed E-state index contributed by atoms with van der Waals surface area (Å²) in [5, 5.41) is 0.595. The maximum Gasteiger partial charge on any atom is 0.323 e. The van der Waals surface area contributed by atoms with Crippen molar-refractivity contribution in [2.45, 2.75) is 6.04 Å². The smallest absolute Gasteiger partial charge is 0.323 e. The van der Waals surface area contributed by atoms with Crippen LogP contribution in [0.2, 0.25) is 5.02 Å². The highest BCUT2D eigenvalue weighted by molar-refractivity contribution is 6.30. The fraction of sp³-hybridized carbons (Fsp3) is 0.133. The molecule has 0 saturated heterocycles. The van der Waals surface area contributed by atoms with Crippen molar-refractivity contribution in [3.8, 4) is 5.75 Å². The van der Waals surface area contributed by atoms with Crippen LogP contribution in [0.1, 0.15) is 17.2 Å². The number of H-pyrrole nitrogens is 2. The molecule has 0 fully saturated rings. The Bertz CT molecular complexity index is 853. The largest absolute Gasteiger partial charge is 0.496 e. The van der Waals surface area contributed by atoms with Gasteiger partial charge in [0.1, 0.15) is 5.75 Å². The molecule has 6 heteroatoms. The number of rotatable bonds is 3. The molecule has 5 nitrogen and oxygen atoms in total. The fourth-order valence-corrected chi connectivity index (χ4v) is 2.55. The Balaban J connectivity index is 2.09. The number of methoxy groups -OCH3 is 1. The summed E-state index contributed by atoms with van der Waals surface area (Å²) in [7, 11) is 1.59. The van der Waals surface area contributed by atoms with Gasteiger partial charge in [0, 0.05) is 10.6 Å². The van der Waals surface area contributed by atoms with Crippen molar-refractivity contribution < 1.29 is 4.74 Å². The summed E-state index contributed by atoms with van der Waals surface area (Å²) >= 11 is 6.04. The van der Waals surface area contributed by atoms with Gasteiger partial charge < -0.3 is 20.4 Å². The van der Waals surface area contributed by atoms with Crippen LogP contribution in [0.3, 0.4) is 0 Å². The number of hydrogen-bond acceptors (Lipinski definition) is 3. The SMILES string of the molecule is COc1ccc(Cl)cc1C(N)c1ccc2[nH]c(=O)[nH]c2c1. The van der Waals surface area contributed by atoms with Crippen LogP contribution in [0, 0.1) is 0 Å². The van der Waals surface area contributed by atoms with Gasteiger partial charge in [-0.05, 0) is 35.9 Å². The topological polar surface area (TPSA) is 83.9 Å². The molecule has 1 atom stereocenters. The highest BCUT2D eigenvalue weighted by Gasteiger charge is 2.15. The summed E-state index contributed by atoms with van der Waals surface area (Å²) in [6.07, 6.45) is 0. The molecule has 0 aliphatic rings. The van der Waals surface area contributed by atoms with Crippen LogP contribution in [0.5, 0.6) is 5.75 Å². The maximum atomic E-state index is 11.3. The lowest BCUT2D eigenvalue weighted by molar-refractivity contribution is 0.408. The number of imidazole rings is 1. The molecule has 0 radical (unpaired) electrons. The van der Waals surface area contributed by atoms with E-state index in [0.717, 1.165) is 16.6 Å². The number of benzene rings is 2. The molecule has 1 heterocycles. The first-order valence-corrected chi connectivity index (χ1v) is 6.77. The van der Waals surface area contributed by atoms with Crippen molar-refractivity contribution in [1.82, 2.24) is 9.97 Å². The van der Waals surface area contributed by atoms with Crippen molar-refractivity contribution in [2.75, 3.05) is 7.11 Å². The summed E-state index contributed by atoms with van der Waals surface area (Å²) < 4.78 is 5.33. The lowest BCUT2D eigenvalue weighted by Crippen LogP contribution is -2.13. The second kappa shape index (κ2) is 5.27. The van der Waals surface area contributed by atoms with Gasteiger partial charge in [-0.15, -0.1) is 0 Å². The van der Waals surface area contributed by atoms with Crippen molar-refractivity contribution in [3.63, 3.8) is 0 Å². The van der Waals surface area contributed by atoms with Crippen LogP contribution in [-0.2, 0) is 0 Å². The van der Waals surface area contributed by atoms with Crippen molar-refractivity contribution in [3.05, 3.63) is 63.0 Å². The first kappa shape index (κ1) is 13.7. The van der Waals surface area contributed by atoms with Gasteiger partial charge in [0.2, 0.25) is 0 Å². The summed E-state index contributed by atoms with van der Waals surface area (Å²) in [6, 6.07) is 10.5. The molecule has 3 aromatic rings. The summed E-state index contributed by atoms with van der Waals surface area (Å²) in [4.78, 5) is 16.7. The average molecular weight is 304 g/mol. The fourth-order valence-electron chi connectivity index (χ4n) is 2.37. The molecule has 3 rings (SSSR count). The molecule has 21 heavy (non-hydrogen) atoms. The minimum atomic E-state index is -0.401. The number of aromatic nitrogens is 2. The average Bonchev–Trinajstić information content (AvgIpc) is 2.85. The second-order valence-electron chi connectivity index (χ2n) is 4.75. The Morgan fingerprint density at radius 3 is 2.67 bits per heavy atom. The molecule has 2 aromatic carbocycles.